The molecule has 2 aliphatic rings. The number of aryl methyl sites for hydroxylation is 1. The SMILES string of the molecule is CC(C)CN1CCOc2ccccc2CCCCC2(CCN(C(=O)c3cnc(N)s3)CC2)C1. The molecule has 3 heterocycles. The van der Waals surface area contributed by atoms with Gasteiger partial charge in [-0.2, -0.15) is 0 Å². The predicted octanol–water partition coefficient (Wildman–Crippen LogP) is 4.71. The van der Waals surface area contributed by atoms with Gasteiger partial charge in [0, 0.05) is 32.7 Å². The van der Waals surface area contributed by atoms with E-state index in [1.165, 1.54) is 36.2 Å². The number of ether oxygens (including phenoxy) is 1. The second-order valence-electron chi connectivity index (χ2n) is 10.1. The van der Waals surface area contributed by atoms with Crippen LogP contribution in [0.4, 0.5) is 5.13 Å². The number of amides is 1. The van der Waals surface area contributed by atoms with Gasteiger partial charge in [-0.1, -0.05) is 49.8 Å². The molecule has 33 heavy (non-hydrogen) atoms. The summed E-state index contributed by atoms with van der Waals surface area (Å²) in [6.45, 7) is 10.0. The number of likely N-dealkylation sites (tertiary alicyclic amines) is 1. The Morgan fingerprint density at radius 3 is 2.70 bits per heavy atom. The van der Waals surface area contributed by atoms with Crippen LogP contribution in [0.5, 0.6) is 5.75 Å². The van der Waals surface area contributed by atoms with Gasteiger partial charge in [0.1, 0.15) is 17.2 Å². The summed E-state index contributed by atoms with van der Waals surface area (Å²) in [6.07, 6.45) is 8.40. The lowest BCUT2D eigenvalue weighted by Crippen LogP contribution is -2.49. The standard InChI is InChI=1S/C26H38N4O2S/c1-20(2)18-29-15-16-32-22-9-4-3-7-21(22)8-5-6-10-26(19-29)11-13-30(14-12-26)24(31)23-17-28-25(27)33-23/h3-4,7,9,17,20H,5-6,8,10-16,18-19H2,1-2H3,(H2,27,28). The highest BCUT2D eigenvalue weighted by Crippen LogP contribution is 2.39. The van der Waals surface area contributed by atoms with Gasteiger partial charge in [0.25, 0.3) is 5.91 Å². The maximum absolute atomic E-state index is 12.9. The van der Waals surface area contributed by atoms with Crippen molar-refractivity contribution in [1.82, 2.24) is 14.8 Å². The average Bonchev–Trinajstić information content (AvgIpc) is 3.23. The zero-order valence-corrected chi connectivity index (χ0v) is 20.9. The van der Waals surface area contributed by atoms with E-state index in [1.807, 2.05) is 4.90 Å². The van der Waals surface area contributed by atoms with E-state index in [1.54, 1.807) is 6.20 Å². The minimum absolute atomic E-state index is 0.0799. The predicted molar refractivity (Wildman–Crippen MR) is 135 cm³/mol. The first-order valence-electron chi connectivity index (χ1n) is 12.4. The zero-order chi connectivity index (χ0) is 23.3. The van der Waals surface area contributed by atoms with Gasteiger partial charge in [-0.05, 0) is 55.1 Å². The quantitative estimate of drug-likeness (QED) is 0.703. The third-order valence-corrected chi connectivity index (χ3v) is 7.88. The van der Waals surface area contributed by atoms with E-state index in [2.05, 4.69) is 48.0 Å². The molecule has 180 valence electrons. The summed E-state index contributed by atoms with van der Waals surface area (Å²) in [5.74, 6) is 1.74. The first-order chi connectivity index (χ1) is 15.9. The van der Waals surface area contributed by atoms with Crippen molar-refractivity contribution >= 4 is 22.4 Å². The van der Waals surface area contributed by atoms with Crippen LogP contribution in [0.3, 0.4) is 0 Å². The monoisotopic (exact) mass is 470 g/mol. The number of nitrogens with zero attached hydrogens (tertiary/aromatic N) is 3. The molecule has 1 spiro atoms. The number of fused-ring (bicyclic) bond motifs is 1. The number of hydrogen-bond donors (Lipinski definition) is 1. The second kappa shape index (κ2) is 10.9. The van der Waals surface area contributed by atoms with Gasteiger partial charge in [-0.25, -0.2) is 4.98 Å². The van der Waals surface area contributed by atoms with Gasteiger partial charge in [-0.15, -0.1) is 0 Å². The highest BCUT2D eigenvalue weighted by Gasteiger charge is 2.37. The lowest BCUT2D eigenvalue weighted by molar-refractivity contribution is 0.0357. The third kappa shape index (κ3) is 6.27. The maximum Gasteiger partial charge on any atom is 0.265 e. The van der Waals surface area contributed by atoms with E-state index < -0.39 is 0 Å². The normalized spacial score (nSPS) is 20.0. The van der Waals surface area contributed by atoms with Crippen molar-refractivity contribution in [3.63, 3.8) is 0 Å². The molecule has 0 atom stereocenters. The van der Waals surface area contributed by atoms with Gasteiger partial charge >= 0.3 is 0 Å². The first-order valence-corrected chi connectivity index (χ1v) is 13.2. The lowest BCUT2D eigenvalue weighted by Gasteiger charge is -2.45. The van der Waals surface area contributed by atoms with Crippen molar-refractivity contribution in [2.75, 3.05) is 45.1 Å². The Kier molecular flexibility index (Phi) is 7.91. The minimum Gasteiger partial charge on any atom is -0.492 e. The molecule has 1 aromatic heterocycles. The number of nitrogen functional groups attached to an aromatic ring is 1. The van der Waals surface area contributed by atoms with Gasteiger partial charge in [0.05, 0.1) is 6.20 Å². The molecule has 1 aromatic carbocycles. The third-order valence-electron chi connectivity index (χ3n) is 7.07. The summed E-state index contributed by atoms with van der Waals surface area (Å²) < 4.78 is 6.24. The number of rotatable bonds is 3. The molecule has 0 bridgehead atoms. The number of aromatic nitrogens is 1. The Labute approximate surface area is 202 Å². The Morgan fingerprint density at radius 2 is 1.97 bits per heavy atom. The molecule has 2 aliphatic heterocycles. The number of carbonyl (C=O) groups is 1. The number of benzene rings is 1. The van der Waals surface area contributed by atoms with E-state index in [0.29, 0.717) is 15.9 Å². The van der Waals surface area contributed by atoms with Gasteiger partial charge in [-0.3, -0.25) is 9.69 Å². The van der Waals surface area contributed by atoms with Crippen molar-refractivity contribution in [2.24, 2.45) is 11.3 Å². The number of anilines is 1. The van der Waals surface area contributed by atoms with Crippen molar-refractivity contribution in [2.45, 2.75) is 52.4 Å². The number of thiazole rings is 1. The summed E-state index contributed by atoms with van der Waals surface area (Å²) >= 11 is 1.29. The number of piperidine rings is 1. The molecular weight excluding hydrogens is 432 g/mol. The van der Waals surface area contributed by atoms with Crippen molar-refractivity contribution in [1.29, 1.82) is 0 Å². The Balaban J connectivity index is 1.46. The summed E-state index contributed by atoms with van der Waals surface area (Å²) in [5.41, 5.74) is 7.33. The lowest BCUT2D eigenvalue weighted by atomic mass is 9.73. The Hall–Kier alpha value is -2.12. The number of carbonyl (C=O) groups excluding carboxylic acids is 1. The fraction of sp³-hybridized carbons (Fsp3) is 0.615. The van der Waals surface area contributed by atoms with Crippen LogP contribution >= 0.6 is 11.3 Å². The molecule has 1 saturated heterocycles. The molecule has 2 N–H and O–H groups in total. The zero-order valence-electron chi connectivity index (χ0n) is 20.1. The summed E-state index contributed by atoms with van der Waals surface area (Å²) in [5, 5.41) is 0.458. The van der Waals surface area contributed by atoms with Crippen molar-refractivity contribution in [3.05, 3.63) is 40.9 Å². The number of para-hydroxylation sites is 1. The maximum atomic E-state index is 12.9. The summed E-state index contributed by atoms with van der Waals surface area (Å²) in [6, 6.07) is 8.50. The molecule has 2 aromatic rings. The van der Waals surface area contributed by atoms with E-state index in [-0.39, 0.29) is 11.3 Å². The van der Waals surface area contributed by atoms with Crippen LogP contribution in [0.25, 0.3) is 0 Å². The van der Waals surface area contributed by atoms with Crippen LogP contribution < -0.4 is 10.5 Å². The summed E-state index contributed by atoms with van der Waals surface area (Å²) in [4.78, 5) is 22.3. The average molecular weight is 471 g/mol. The van der Waals surface area contributed by atoms with Crippen molar-refractivity contribution in [3.8, 4) is 5.75 Å². The van der Waals surface area contributed by atoms with Crippen LogP contribution in [0.2, 0.25) is 0 Å². The first kappa shape index (κ1) is 24.0. The van der Waals surface area contributed by atoms with Crippen LogP contribution in [-0.2, 0) is 6.42 Å². The Morgan fingerprint density at radius 1 is 1.18 bits per heavy atom. The van der Waals surface area contributed by atoms with Crippen LogP contribution in [0.1, 0.15) is 61.2 Å². The molecule has 1 fully saturated rings. The smallest absolute Gasteiger partial charge is 0.265 e. The number of nitrogens with two attached hydrogens (primary N) is 1. The highest BCUT2D eigenvalue weighted by molar-refractivity contribution is 7.17. The summed E-state index contributed by atoms with van der Waals surface area (Å²) in [7, 11) is 0. The van der Waals surface area contributed by atoms with Gasteiger partial charge in [0.15, 0.2) is 5.13 Å². The molecule has 6 nitrogen and oxygen atoms in total. The highest BCUT2D eigenvalue weighted by atomic mass is 32.1. The molecule has 0 saturated carbocycles. The van der Waals surface area contributed by atoms with Crippen LogP contribution in [-0.4, -0.2) is 60.0 Å². The molecule has 4 rings (SSSR count). The van der Waals surface area contributed by atoms with Gasteiger partial charge in [0.2, 0.25) is 0 Å². The fourth-order valence-electron chi connectivity index (χ4n) is 5.39. The molecule has 0 unspecified atom stereocenters. The van der Waals surface area contributed by atoms with E-state index in [4.69, 9.17) is 10.5 Å². The Bertz CT molecular complexity index is 921. The largest absolute Gasteiger partial charge is 0.492 e. The van der Waals surface area contributed by atoms with Crippen molar-refractivity contribution < 1.29 is 9.53 Å². The fourth-order valence-corrected chi connectivity index (χ4v) is 6.04. The number of hydrogen-bond acceptors (Lipinski definition) is 6. The molecule has 7 heteroatoms. The molecule has 0 radical (unpaired) electrons. The van der Waals surface area contributed by atoms with Crippen LogP contribution in [0.15, 0.2) is 30.5 Å². The molecule has 0 aliphatic carbocycles. The van der Waals surface area contributed by atoms with Crippen LogP contribution in [0, 0.1) is 11.3 Å². The van der Waals surface area contributed by atoms with E-state index in [0.717, 1.165) is 64.3 Å². The minimum atomic E-state index is 0.0799. The molecule has 1 amide bonds. The van der Waals surface area contributed by atoms with Gasteiger partial charge < -0.3 is 15.4 Å². The molecular formula is C26H38N4O2S. The topological polar surface area (TPSA) is 71.7 Å². The van der Waals surface area contributed by atoms with E-state index in [9.17, 15) is 4.79 Å². The second-order valence-corrected chi connectivity index (χ2v) is 11.2. The van der Waals surface area contributed by atoms with E-state index >= 15 is 0 Å².